The zero-order valence-electron chi connectivity index (χ0n) is 12.1. The van der Waals surface area contributed by atoms with Crippen LogP contribution >= 0.6 is 0 Å². The first-order chi connectivity index (χ1) is 9.61. The van der Waals surface area contributed by atoms with Gasteiger partial charge in [0.05, 0.1) is 13.7 Å². The number of amides is 1. The van der Waals surface area contributed by atoms with E-state index in [1.54, 1.807) is 13.2 Å². The van der Waals surface area contributed by atoms with E-state index in [1.165, 1.54) is 0 Å². The minimum Gasteiger partial charge on any atom is -0.497 e. The largest absolute Gasteiger partial charge is 0.497 e. The fourth-order valence-corrected chi connectivity index (χ4v) is 2.20. The van der Waals surface area contributed by atoms with Crippen molar-refractivity contribution in [1.82, 2.24) is 5.32 Å². The Bertz CT molecular complexity index is 456. The maximum absolute atomic E-state index is 12.0. The third-order valence-corrected chi connectivity index (χ3v) is 3.63. The lowest BCUT2D eigenvalue weighted by atomic mass is 9.92. The lowest BCUT2D eigenvalue weighted by molar-refractivity contribution is -0.116. The number of anilines is 1. The van der Waals surface area contributed by atoms with Gasteiger partial charge < -0.3 is 20.1 Å². The summed E-state index contributed by atoms with van der Waals surface area (Å²) >= 11 is 0. The second-order valence-corrected chi connectivity index (χ2v) is 5.31. The van der Waals surface area contributed by atoms with Crippen LogP contribution in [0, 0.1) is 0 Å². The molecule has 1 aromatic rings. The molecule has 1 aliphatic heterocycles. The standard InChI is InChI=1S/C15H22N2O3/c1-15(6-8-20-9-7-15)16-11-14(18)17-12-4-3-5-13(10-12)19-2/h3-5,10,16H,6-9,11H2,1-2H3,(H,17,18). The highest BCUT2D eigenvalue weighted by Gasteiger charge is 2.27. The smallest absolute Gasteiger partial charge is 0.238 e. The number of rotatable bonds is 5. The fraction of sp³-hybridized carbons (Fsp3) is 0.533. The Morgan fingerprint density at radius 1 is 1.40 bits per heavy atom. The summed E-state index contributed by atoms with van der Waals surface area (Å²) in [5, 5.41) is 6.18. The number of carbonyl (C=O) groups excluding carboxylic acids is 1. The second-order valence-electron chi connectivity index (χ2n) is 5.31. The third-order valence-electron chi connectivity index (χ3n) is 3.63. The van der Waals surface area contributed by atoms with Crippen LogP contribution < -0.4 is 15.4 Å². The van der Waals surface area contributed by atoms with Crippen LogP contribution in [0.3, 0.4) is 0 Å². The molecule has 0 aromatic heterocycles. The van der Waals surface area contributed by atoms with Crippen molar-refractivity contribution in [2.24, 2.45) is 0 Å². The van der Waals surface area contributed by atoms with Gasteiger partial charge in [-0.2, -0.15) is 0 Å². The zero-order chi connectivity index (χ0) is 14.4. The number of benzene rings is 1. The maximum Gasteiger partial charge on any atom is 0.238 e. The van der Waals surface area contributed by atoms with Crippen molar-refractivity contribution in [3.05, 3.63) is 24.3 Å². The van der Waals surface area contributed by atoms with Gasteiger partial charge >= 0.3 is 0 Å². The predicted molar refractivity (Wildman–Crippen MR) is 78.1 cm³/mol. The van der Waals surface area contributed by atoms with Gasteiger partial charge in [0.15, 0.2) is 0 Å². The van der Waals surface area contributed by atoms with E-state index in [4.69, 9.17) is 9.47 Å². The van der Waals surface area contributed by atoms with Gasteiger partial charge in [0, 0.05) is 30.5 Å². The summed E-state index contributed by atoms with van der Waals surface area (Å²) in [6.07, 6.45) is 1.86. The van der Waals surface area contributed by atoms with Gasteiger partial charge in [-0.3, -0.25) is 4.79 Å². The second kappa shape index (κ2) is 6.72. The molecule has 5 nitrogen and oxygen atoms in total. The summed E-state index contributed by atoms with van der Waals surface area (Å²) < 4.78 is 10.5. The monoisotopic (exact) mass is 278 g/mol. The van der Waals surface area contributed by atoms with Crippen LogP contribution in [0.4, 0.5) is 5.69 Å². The molecule has 1 fully saturated rings. The first-order valence-electron chi connectivity index (χ1n) is 6.88. The minimum absolute atomic E-state index is 0.00995. The molecule has 5 heteroatoms. The van der Waals surface area contributed by atoms with Crippen molar-refractivity contribution in [3.63, 3.8) is 0 Å². The van der Waals surface area contributed by atoms with Gasteiger partial charge in [0.1, 0.15) is 5.75 Å². The Kier molecular flexibility index (Phi) is 4.98. The average Bonchev–Trinajstić information content (AvgIpc) is 2.46. The predicted octanol–water partition coefficient (Wildman–Crippen LogP) is 1.79. The molecule has 2 N–H and O–H groups in total. The topological polar surface area (TPSA) is 59.6 Å². The molecule has 20 heavy (non-hydrogen) atoms. The molecule has 1 aromatic carbocycles. The summed E-state index contributed by atoms with van der Waals surface area (Å²) in [5.74, 6) is 0.679. The molecule has 0 bridgehead atoms. The molecule has 1 aliphatic rings. The van der Waals surface area contributed by atoms with Crippen molar-refractivity contribution in [2.45, 2.75) is 25.3 Å². The van der Waals surface area contributed by atoms with E-state index in [1.807, 2.05) is 18.2 Å². The molecule has 1 saturated heterocycles. The Morgan fingerprint density at radius 2 is 2.15 bits per heavy atom. The van der Waals surface area contributed by atoms with Crippen molar-refractivity contribution in [2.75, 3.05) is 32.2 Å². The van der Waals surface area contributed by atoms with E-state index in [0.29, 0.717) is 6.54 Å². The summed E-state index contributed by atoms with van der Waals surface area (Å²) in [5.41, 5.74) is 0.734. The van der Waals surface area contributed by atoms with Crippen LogP contribution in [-0.4, -0.2) is 38.3 Å². The quantitative estimate of drug-likeness (QED) is 0.862. The third kappa shape index (κ3) is 4.21. The van der Waals surface area contributed by atoms with E-state index in [9.17, 15) is 4.79 Å². The maximum atomic E-state index is 12.0. The van der Waals surface area contributed by atoms with Crippen LogP contribution in [0.15, 0.2) is 24.3 Å². The minimum atomic E-state index is -0.0500. The number of hydrogen-bond acceptors (Lipinski definition) is 4. The SMILES string of the molecule is COc1cccc(NC(=O)CNC2(C)CCOCC2)c1. The molecule has 0 spiro atoms. The normalized spacial score (nSPS) is 17.5. The Labute approximate surface area is 119 Å². The van der Waals surface area contributed by atoms with Crippen LogP contribution in [0.5, 0.6) is 5.75 Å². The van der Waals surface area contributed by atoms with Crippen molar-refractivity contribution in [3.8, 4) is 5.75 Å². The highest BCUT2D eigenvalue weighted by Crippen LogP contribution is 2.19. The molecule has 0 saturated carbocycles. The van der Waals surface area contributed by atoms with Gasteiger partial charge in [-0.05, 0) is 31.9 Å². The molecule has 110 valence electrons. The number of methoxy groups -OCH3 is 1. The molecule has 1 amide bonds. The van der Waals surface area contributed by atoms with Crippen LogP contribution in [0.1, 0.15) is 19.8 Å². The summed E-state index contributed by atoms with van der Waals surface area (Å²) in [4.78, 5) is 12.0. The van der Waals surface area contributed by atoms with Crippen molar-refractivity contribution >= 4 is 11.6 Å². The fourth-order valence-electron chi connectivity index (χ4n) is 2.20. The van der Waals surface area contributed by atoms with Gasteiger partial charge in [-0.15, -0.1) is 0 Å². The van der Waals surface area contributed by atoms with Gasteiger partial charge in [0.2, 0.25) is 5.91 Å². The molecular weight excluding hydrogens is 256 g/mol. The highest BCUT2D eigenvalue weighted by atomic mass is 16.5. The molecule has 1 heterocycles. The molecule has 2 rings (SSSR count). The van der Waals surface area contributed by atoms with Gasteiger partial charge in [-0.1, -0.05) is 6.07 Å². The first kappa shape index (κ1) is 14.8. The first-order valence-corrected chi connectivity index (χ1v) is 6.88. The Morgan fingerprint density at radius 3 is 2.85 bits per heavy atom. The van der Waals surface area contributed by atoms with Crippen molar-refractivity contribution < 1.29 is 14.3 Å². The van der Waals surface area contributed by atoms with E-state index in [-0.39, 0.29) is 11.4 Å². The van der Waals surface area contributed by atoms with E-state index in [2.05, 4.69) is 17.6 Å². The number of carbonyl (C=O) groups is 1. The molecule has 0 radical (unpaired) electrons. The Hall–Kier alpha value is -1.59. The zero-order valence-corrected chi connectivity index (χ0v) is 12.1. The number of hydrogen-bond donors (Lipinski definition) is 2. The Balaban J connectivity index is 1.82. The van der Waals surface area contributed by atoms with E-state index in [0.717, 1.165) is 37.5 Å². The summed E-state index contributed by atoms with van der Waals surface area (Å²) in [6, 6.07) is 7.34. The summed E-state index contributed by atoms with van der Waals surface area (Å²) in [6.45, 7) is 3.93. The van der Waals surface area contributed by atoms with Gasteiger partial charge in [-0.25, -0.2) is 0 Å². The van der Waals surface area contributed by atoms with E-state index >= 15 is 0 Å². The lowest BCUT2D eigenvalue weighted by Crippen LogP contribution is -2.49. The molecule has 0 unspecified atom stereocenters. The van der Waals surface area contributed by atoms with Crippen LogP contribution in [0.25, 0.3) is 0 Å². The van der Waals surface area contributed by atoms with Gasteiger partial charge in [0.25, 0.3) is 0 Å². The van der Waals surface area contributed by atoms with Crippen LogP contribution in [-0.2, 0) is 9.53 Å². The molecule has 0 atom stereocenters. The lowest BCUT2D eigenvalue weighted by Gasteiger charge is -2.34. The number of nitrogens with one attached hydrogen (secondary N) is 2. The number of ether oxygens (including phenoxy) is 2. The highest BCUT2D eigenvalue weighted by molar-refractivity contribution is 5.92. The van der Waals surface area contributed by atoms with Crippen molar-refractivity contribution in [1.29, 1.82) is 0 Å². The molecular formula is C15H22N2O3. The van der Waals surface area contributed by atoms with Crippen LogP contribution in [0.2, 0.25) is 0 Å². The molecule has 0 aliphatic carbocycles. The average molecular weight is 278 g/mol. The van der Waals surface area contributed by atoms with E-state index < -0.39 is 0 Å². The summed E-state index contributed by atoms with van der Waals surface area (Å²) in [7, 11) is 1.61.